The Bertz CT molecular complexity index is 3000. The van der Waals surface area contributed by atoms with Gasteiger partial charge in [0.1, 0.15) is 0 Å². The van der Waals surface area contributed by atoms with Crippen LogP contribution in [0.2, 0.25) is 0 Å². The Balaban J connectivity index is 1.62. The second-order valence-electron chi connectivity index (χ2n) is 16.6. The smallest absolute Gasteiger partial charge is 0.0551 e. The highest BCUT2D eigenvalue weighted by Crippen LogP contribution is 2.53. The van der Waals surface area contributed by atoms with Gasteiger partial charge in [-0.3, -0.25) is 0 Å². The van der Waals surface area contributed by atoms with Crippen LogP contribution in [0.15, 0.2) is 133 Å². The Hall–Kier alpha value is -5.66. The second kappa shape index (κ2) is 10.4. The van der Waals surface area contributed by atoms with Crippen LogP contribution >= 0.6 is 0 Å². The maximum atomic E-state index is 3.94. The fraction of sp³-hybridized carbons (Fsp3) is 0.160. The van der Waals surface area contributed by atoms with Gasteiger partial charge in [0.15, 0.2) is 0 Å². The average Bonchev–Trinajstić information content (AvgIpc) is 3.52. The summed E-state index contributed by atoms with van der Waals surface area (Å²) in [5.41, 5.74) is 10.1. The second-order valence-corrected chi connectivity index (χ2v) is 16.6. The van der Waals surface area contributed by atoms with E-state index >= 15 is 0 Å². The molecule has 1 nitrogen and oxygen atoms in total. The molecule has 1 heteroatoms. The topological polar surface area (TPSA) is 15.8 Å². The number of para-hydroxylation sites is 1. The summed E-state index contributed by atoms with van der Waals surface area (Å²) in [5, 5.41) is 15.8. The molecule has 10 aromatic rings. The highest BCUT2D eigenvalue weighted by atomic mass is 14.7. The van der Waals surface area contributed by atoms with Crippen LogP contribution in [0, 0.1) is 0 Å². The van der Waals surface area contributed by atoms with Crippen LogP contribution in [0.3, 0.4) is 0 Å². The zero-order chi connectivity index (χ0) is 34.8. The number of benzene rings is 9. The first-order chi connectivity index (χ1) is 24.6. The van der Waals surface area contributed by atoms with Crippen molar-refractivity contribution in [2.24, 2.45) is 0 Å². The van der Waals surface area contributed by atoms with E-state index in [9.17, 15) is 0 Å². The Morgan fingerprint density at radius 1 is 0.373 bits per heavy atom. The summed E-state index contributed by atoms with van der Waals surface area (Å²) in [6, 6.07) is 50.5. The number of fused-ring (bicyclic) bond motifs is 8. The van der Waals surface area contributed by atoms with E-state index in [-0.39, 0.29) is 10.8 Å². The van der Waals surface area contributed by atoms with Crippen LogP contribution in [0.4, 0.5) is 0 Å². The molecule has 1 aromatic heterocycles. The third-order valence-electron chi connectivity index (χ3n) is 11.4. The number of aromatic amines is 1. The van der Waals surface area contributed by atoms with Crippen LogP contribution in [0.25, 0.3) is 97.9 Å². The Labute approximate surface area is 298 Å². The first-order valence-electron chi connectivity index (χ1n) is 18.3. The third kappa shape index (κ3) is 4.34. The van der Waals surface area contributed by atoms with Gasteiger partial charge in [-0.2, -0.15) is 0 Å². The summed E-state index contributed by atoms with van der Waals surface area (Å²) in [4.78, 5) is 3.94. The van der Waals surface area contributed by atoms with Gasteiger partial charge in [0.25, 0.3) is 0 Å². The minimum atomic E-state index is -0.0212. The fourth-order valence-corrected chi connectivity index (χ4v) is 8.82. The van der Waals surface area contributed by atoms with Crippen molar-refractivity contribution in [2.45, 2.75) is 52.4 Å². The van der Waals surface area contributed by atoms with Gasteiger partial charge in [-0.1, -0.05) is 157 Å². The molecule has 0 fully saturated rings. The highest BCUT2D eigenvalue weighted by Gasteiger charge is 2.28. The first kappa shape index (κ1) is 30.2. The summed E-state index contributed by atoms with van der Waals surface area (Å²) in [6.07, 6.45) is 0. The normalized spacial score (nSPS) is 12.9. The van der Waals surface area contributed by atoms with Crippen LogP contribution < -0.4 is 0 Å². The molecule has 0 amide bonds. The van der Waals surface area contributed by atoms with E-state index in [4.69, 9.17) is 0 Å². The zero-order valence-corrected chi connectivity index (χ0v) is 30.2. The minimum Gasteiger partial charge on any atom is -0.354 e. The van der Waals surface area contributed by atoms with Gasteiger partial charge in [0, 0.05) is 27.2 Å². The molecule has 0 saturated heterocycles. The van der Waals surface area contributed by atoms with Crippen molar-refractivity contribution in [3.8, 4) is 22.3 Å². The molecule has 0 radical (unpaired) electrons. The van der Waals surface area contributed by atoms with Gasteiger partial charge in [-0.15, -0.1) is 0 Å². The molecule has 0 atom stereocenters. The lowest BCUT2D eigenvalue weighted by molar-refractivity contribution is 0.591. The number of aromatic nitrogens is 1. The van der Waals surface area contributed by atoms with Crippen molar-refractivity contribution in [3.63, 3.8) is 0 Å². The lowest BCUT2D eigenvalue weighted by Crippen LogP contribution is -2.12. The van der Waals surface area contributed by atoms with Gasteiger partial charge in [0.05, 0.1) is 5.52 Å². The van der Waals surface area contributed by atoms with E-state index in [0.29, 0.717) is 0 Å². The summed E-state index contributed by atoms with van der Waals surface area (Å²) >= 11 is 0. The maximum absolute atomic E-state index is 3.94. The quantitative estimate of drug-likeness (QED) is 0.141. The molecular formula is C50H41N. The van der Waals surface area contributed by atoms with Crippen molar-refractivity contribution < 1.29 is 0 Å². The van der Waals surface area contributed by atoms with Crippen LogP contribution in [0.5, 0.6) is 0 Å². The van der Waals surface area contributed by atoms with Crippen molar-refractivity contribution >= 4 is 75.7 Å². The number of rotatable bonds is 2. The minimum absolute atomic E-state index is 0.0152. The molecule has 0 aliphatic rings. The molecule has 9 aromatic carbocycles. The Kier molecular flexibility index (Phi) is 6.18. The SMILES string of the molecule is CC(C)(C)c1cc2ccc3cc(C(C)(C)C)cc4c5c(-c6ccccc6)c6c(ccc7c8ccccc8[nH]c76)c(-c6ccccc6)c5c(c1)c2c34. The predicted molar refractivity (Wildman–Crippen MR) is 223 cm³/mol. The molecule has 0 unspecified atom stereocenters. The molecule has 51 heavy (non-hydrogen) atoms. The third-order valence-corrected chi connectivity index (χ3v) is 11.4. The molecule has 10 rings (SSSR count). The van der Waals surface area contributed by atoms with E-state index in [1.54, 1.807) is 0 Å². The number of H-pyrrole nitrogens is 1. The summed E-state index contributed by atoms with van der Waals surface area (Å²) in [5.74, 6) is 0. The van der Waals surface area contributed by atoms with Crippen molar-refractivity contribution in [1.82, 2.24) is 4.98 Å². The van der Waals surface area contributed by atoms with Gasteiger partial charge in [-0.25, -0.2) is 0 Å². The largest absolute Gasteiger partial charge is 0.354 e. The van der Waals surface area contributed by atoms with Gasteiger partial charge in [0.2, 0.25) is 0 Å². The highest BCUT2D eigenvalue weighted by molar-refractivity contribution is 6.42. The molecule has 0 saturated carbocycles. The molecule has 246 valence electrons. The standard InChI is InChI=1S/C50H41N/c1-49(2,3)33-25-31-21-22-32-26-34(50(4,5)6)28-39-43(32)42(31)38(27-33)45-41(29-15-9-7-10-16-29)37-24-23-36-35-19-13-14-20-40(35)51-48(36)47(37)44(46(39)45)30-17-11-8-12-18-30/h7-28,51H,1-6H3. The average molecular weight is 656 g/mol. The monoisotopic (exact) mass is 655 g/mol. The van der Waals surface area contributed by atoms with Crippen molar-refractivity contribution in [2.75, 3.05) is 0 Å². The lowest BCUT2D eigenvalue weighted by atomic mass is 9.76. The predicted octanol–water partition coefficient (Wildman–Crippen LogP) is 14.5. The molecular weight excluding hydrogens is 615 g/mol. The van der Waals surface area contributed by atoms with E-state index in [2.05, 4.69) is 180 Å². The maximum Gasteiger partial charge on any atom is 0.0551 e. The zero-order valence-electron chi connectivity index (χ0n) is 30.2. The molecule has 0 bridgehead atoms. The summed E-state index contributed by atoms with van der Waals surface area (Å²) < 4.78 is 0. The van der Waals surface area contributed by atoms with E-state index in [0.717, 1.165) is 0 Å². The van der Waals surface area contributed by atoms with E-state index < -0.39 is 0 Å². The number of nitrogens with one attached hydrogen (secondary N) is 1. The van der Waals surface area contributed by atoms with Crippen LogP contribution in [-0.4, -0.2) is 4.98 Å². The molecule has 1 N–H and O–H groups in total. The molecule has 0 aliphatic heterocycles. The van der Waals surface area contributed by atoms with Crippen molar-refractivity contribution in [1.29, 1.82) is 0 Å². The van der Waals surface area contributed by atoms with E-state index in [1.807, 2.05) is 0 Å². The Morgan fingerprint density at radius 2 is 0.863 bits per heavy atom. The van der Waals surface area contributed by atoms with E-state index in [1.165, 1.54) is 109 Å². The molecule has 0 aliphatic carbocycles. The van der Waals surface area contributed by atoms with Gasteiger partial charge >= 0.3 is 0 Å². The Morgan fingerprint density at radius 3 is 1.43 bits per heavy atom. The molecule has 0 spiro atoms. The summed E-state index contributed by atoms with van der Waals surface area (Å²) in [7, 11) is 0. The van der Waals surface area contributed by atoms with Crippen LogP contribution in [-0.2, 0) is 10.8 Å². The number of hydrogen-bond donors (Lipinski definition) is 1. The lowest BCUT2D eigenvalue weighted by Gasteiger charge is -2.27. The fourth-order valence-electron chi connectivity index (χ4n) is 8.82. The molecule has 1 heterocycles. The van der Waals surface area contributed by atoms with Crippen molar-refractivity contribution in [3.05, 3.63) is 145 Å². The summed E-state index contributed by atoms with van der Waals surface area (Å²) in [6.45, 7) is 14.0. The van der Waals surface area contributed by atoms with Gasteiger partial charge in [-0.05, 0) is 105 Å². The number of hydrogen-bond acceptors (Lipinski definition) is 0. The first-order valence-corrected chi connectivity index (χ1v) is 18.3. The van der Waals surface area contributed by atoms with Gasteiger partial charge < -0.3 is 4.98 Å². The van der Waals surface area contributed by atoms with Crippen LogP contribution in [0.1, 0.15) is 52.7 Å².